The Hall–Kier alpha value is -3.07. The molecule has 0 aliphatic carbocycles. The maximum Gasteiger partial charge on any atom is 0.350 e. The van der Waals surface area contributed by atoms with Crippen molar-refractivity contribution in [3.8, 4) is 17.1 Å². The number of fused-ring (bicyclic) bond motifs is 1. The van der Waals surface area contributed by atoms with Gasteiger partial charge in [0.15, 0.2) is 16.6 Å². The van der Waals surface area contributed by atoms with E-state index in [9.17, 15) is 4.79 Å². The number of methoxy groups -OCH3 is 1. The molecule has 0 saturated carbocycles. The highest BCUT2D eigenvalue weighted by atomic mass is 32.2. The molecule has 3 aromatic heterocycles. The molecule has 0 radical (unpaired) electrons. The van der Waals surface area contributed by atoms with Gasteiger partial charge < -0.3 is 9.30 Å². The summed E-state index contributed by atoms with van der Waals surface area (Å²) >= 11 is 1.55. The van der Waals surface area contributed by atoms with Crippen molar-refractivity contribution in [2.24, 2.45) is 0 Å². The predicted molar refractivity (Wildman–Crippen MR) is 108 cm³/mol. The summed E-state index contributed by atoms with van der Waals surface area (Å²) in [5.74, 6) is 2.19. The van der Waals surface area contributed by atoms with Gasteiger partial charge in [0, 0.05) is 18.5 Å². The Balaban J connectivity index is 1.53. The number of aryl methyl sites for hydroxylation is 1. The fourth-order valence-corrected chi connectivity index (χ4v) is 3.96. The van der Waals surface area contributed by atoms with Gasteiger partial charge in [-0.25, -0.2) is 9.48 Å². The predicted octanol–water partition coefficient (Wildman–Crippen LogP) is 2.58. The van der Waals surface area contributed by atoms with Crippen molar-refractivity contribution in [3.05, 3.63) is 59.1 Å². The van der Waals surface area contributed by atoms with Gasteiger partial charge in [0.05, 0.1) is 19.2 Å². The van der Waals surface area contributed by atoms with Crippen LogP contribution >= 0.6 is 11.8 Å². The van der Waals surface area contributed by atoms with Crippen LogP contribution in [-0.4, -0.2) is 41.8 Å². The van der Waals surface area contributed by atoms with E-state index >= 15 is 0 Å². The Morgan fingerprint density at radius 2 is 1.93 bits per heavy atom. The molecular formula is C19H20N6O2S. The molecule has 0 N–H and O–H groups in total. The van der Waals surface area contributed by atoms with Crippen LogP contribution < -0.4 is 10.4 Å². The van der Waals surface area contributed by atoms with E-state index < -0.39 is 0 Å². The van der Waals surface area contributed by atoms with Gasteiger partial charge in [-0.2, -0.15) is 0 Å². The normalized spacial score (nSPS) is 11.2. The molecule has 1 aromatic carbocycles. The quantitative estimate of drug-likeness (QED) is 0.447. The van der Waals surface area contributed by atoms with Crippen molar-refractivity contribution < 1.29 is 4.74 Å². The molecule has 0 amide bonds. The second-order valence-corrected chi connectivity index (χ2v) is 7.10. The lowest BCUT2D eigenvalue weighted by Crippen LogP contribution is -2.22. The molecule has 4 rings (SSSR count). The van der Waals surface area contributed by atoms with Crippen molar-refractivity contribution >= 4 is 17.4 Å². The van der Waals surface area contributed by atoms with Crippen LogP contribution in [0.4, 0.5) is 0 Å². The number of nitrogens with zero attached hydrogens (tertiary/aromatic N) is 6. The largest absolute Gasteiger partial charge is 0.496 e. The average molecular weight is 396 g/mol. The second-order valence-electron chi connectivity index (χ2n) is 6.03. The summed E-state index contributed by atoms with van der Waals surface area (Å²) in [6.07, 6.45) is 1.72. The standard InChI is InChI=1S/C19H20N6O2S/c1-3-23-17(14-8-4-5-9-15(14)27-2)20-21-18(23)28-13-12-25-19(26)24-11-7-6-10-16(24)22-25/h4-11H,3,12-13H2,1-2H3. The fraction of sp³-hybridized carbons (Fsp3) is 0.263. The van der Waals surface area contributed by atoms with E-state index in [1.54, 1.807) is 29.5 Å². The molecule has 0 spiro atoms. The van der Waals surface area contributed by atoms with E-state index in [-0.39, 0.29) is 5.69 Å². The van der Waals surface area contributed by atoms with Crippen LogP contribution in [0.3, 0.4) is 0 Å². The fourth-order valence-electron chi connectivity index (χ4n) is 3.05. The summed E-state index contributed by atoms with van der Waals surface area (Å²) in [4.78, 5) is 12.4. The number of hydrogen-bond donors (Lipinski definition) is 0. The molecule has 0 aliphatic rings. The van der Waals surface area contributed by atoms with Crippen LogP contribution in [0.2, 0.25) is 0 Å². The minimum absolute atomic E-state index is 0.136. The number of thioether (sulfide) groups is 1. The van der Waals surface area contributed by atoms with E-state index in [0.29, 0.717) is 17.9 Å². The molecular weight excluding hydrogens is 376 g/mol. The van der Waals surface area contributed by atoms with E-state index in [2.05, 4.69) is 26.8 Å². The number of rotatable bonds is 7. The number of ether oxygens (including phenoxy) is 1. The van der Waals surface area contributed by atoms with Crippen molar-refractivity contribution in [2.75, 3.05) is 12.9 Å². The van der Waals surface area contributed by atoms with Crippen molar-refractivity contribution in [1.29, 1.82) is 0 Å². The van der Waals surface area contributed by atoms with Gasteiger partial charge in [-0.15, -0.1) is 15.3 Å². The Labute approximate surface area is 165 Å². The maximum absolute atomic E-state index is 12.4. The Morgan fingerprint density at radius 3 is 2.71 bits per heavy atom. The van der Waals surface area contributed by atoms with Gasteiger partial charge in [-0.3, -0.25) is 4.40 Å². The smallest absolute Gasteiger partial charge is 0.350 e. The first kappa shape index (κ1) is 18.3. The molecule has 0 unspecified atom stereocenters. The summed E-state index contributed by atoms with van der Waals surface area (Å²) in [6.45, 7) is 3.28. The molecule has 8 nitrogen and oxygen atoms in total. The van der Waals surface area contributed by atoms with Crippen molar-refractivity contribution in [1.82, 2.24) is 28.9 Å². The summed E-state index contributed by atoms with van der Waals surface area (Å²) in [6, 6.07) is 13.3. The van der Waals surface area contributed by atoms with E-state index in [4.69, 9.17) is 4.74 Å². The van der Waals surface area contributed by atoms with Crippen LogP contribution in [0.5, 0.6) is 5.75 Å². The summed E-state index contributed by atoms with van der Waals surface area (Å²) in [5, 5.41) is 13.9. The SMILES string of the molecule is CCn1c(SCCn2nc3ccccn3c2=O)nnc1-c1ccccc1OC. The highest BCUT2D eigenvalue weighted by molar-refractivity contribution is 7.99. The lowest BCUT2D eigenvalue weighted by Gasteiger charge is -2.10. The third-order valence-corrected chi connectivity index (χ3v) is 5.35. The van der Waals surface area contributed by atoms with Gasteiger partial charge in [0.25, 0.3) is 0 Å². The zero-order valence-corrected chi connectivity index (χ0v) is 16.5. The van der Waals surface area contributed by atoms with Gasteiger partial charge in [-0.1, -0.05) is 30.0 Å². The van der Waals surface area contributed by atoms with Crippen molar-refractivity contribution in [2.45, 2.75) is 25.2 Å². The number of para-hydroxylation sites is 1. The van der Waals surface area contributed by atoms with Crippen LogP contribution in [0.1, 0.15) is 6.92 Å². The molecule has 0 fully saturated rings. The van der Waals surface area contributed by atoms with E-state index in [1.807, 2.05) is 42.5 Å². The van der Waals surface area contributed by atoms with Gasteiger partial charge in [0.2, 0.25) is 0 Å². The highest BCUT2D eigenvalue weighted by Crippen LogP contribution is 2.30. The lowest BCUT2D eigenvalue weighted by atomic mass is 10.2. The molecule has 144 valence electrons. The monoisotopic (exact) mass is 396 g/mol. The highest BCUT2D eigenvalue weighted by Gasteiger charge is 2.16. The zero-order valence-electron chi connectivity index (χ0n) is 15.6. The topological polar surface area (TPSA) is 79.2 Å². The van der Waals surface area contributed by atoms with E-state index in [0.717, 1.165) is 28.8 Å². The molecule has 0 saturated heterocycles. The maximum atomic E-state index is 12.4. The Bertz CT molecular complexity index is 1160. The number of hydrogen-bond acceptors (Lipinski definition) is 6. The van der Waals surface area contributed by atoms with Crippen LogP contribution in [0, 0.1) is 0 Å². The summed E-state index contributed by atoms with van der Waals surface area (Å²) in [7, 11) is 1.65. The lowest BCUT2D eigenvalue weighted by molar-refractivity contribution is 0.416. The van der Waals surface area contributed by atoms with Gasteiger partial charge >= 0.3 is 5.69 Å². The second kappa shape index (κ2) is 7.89. The summed E-state index contributed by atoms with van der Waals surface area (Å²) in [5.41, 5.74) is 1.42. The van der Waals surface area contributed by atoms with Gasteiger partial charge in [0.1, 0.15) is 5.75 Å². The minimum atomic E-state index is -0.136. The number of aromatic nitrogens is 6. The number of pyridine rings is 1. The first-order chi connectivity index (χ1) is 13.7. The third kappa shape index (κ3) is 3.29. The van der Waals surface area contributed by atoms with Crippen LogP contribution in [-0.2, 0) is 13.1 Å². The molecule has 0 bridgehead atoms. The first-order valence-electron chi connectivity index (χ1n) is 8.96. The molecule has 3 heterocycles. The summed E-state index contributed by atoms with van der Waals surface area (Å²) < 4.78 is 10.5. The third-order valence-electron chi connectivity index (χ3n) is 4.40. The molecule has 28 heavy (non-hydrogen) atoms. The van der Waals surface area contributed by atoms with E-state index in [1.165, 1.54) is 4.68 Å². The Kier molecular flexibility index (Phi) is 5.16. The molecule has 0 aliphatic heterocycles. The average Bonchev–Trinajstić information content (AvgIpc) is 3.29. The Morgan fingerprint density at radius 1 is 1.11 bits per heavy atom. The molecule has 0 atom stereocenters. The van der Waals surface area contributed by atoms with Crippen LogP contribution in [0.15, 0.2) is 58.6 Å². The van der Waals surface area contributed by atoms with Crippen LogP contribution in [0.25, 0.3) is 17.0 Å². The van der Waals surface area contributed by atoms with Crippen molar-refractivity contribution in [3.63, 3.8) is 0 Å². The minimum Gasteiger partial charge on any atom is -0.496 e. The zero-order chi connectivity index (χ0) is 19.5. The number of benzene rings is 1. The van der Waals surface area contributed by atoms with Gasteiger partial charge in [-0.05, 0) is 31.2 Å². The molecule has 4 aromatic rings. The first-order valence-corrected chi connectivity index (χ1v) is 9.95. The molecule has 9 heteroatoms.